The van der Waals surface area contributed by atoms with Crippen LogP contribution in [0.1, 0.15) is 39.5 Å². The van der Waals surface area contributed by atoms with Crippen molar-refractivity contribution in [3.8, 4) is 6.07 Å². The first kappa shape index (κ1) is 14.4. The molecule has 0 aliphatic carbocycles. The predicted molar refractivity (Wildman–Crippen MR) is 63.6 cm³/mol. The Morgan fingerprint density at radius 2 is 1.81 bits per heavy atom. The molecule has 3 nitrogen and oxygen atoms in total. The summed E-state index contributed by atoms with van der Waals surface area (Å²) in [5.41, 5.74) is 1.42. The molecule has 0 aromatic heterocycles. The van der Waals surface area contributed by atoms with E-state index in [2.05, 4.69) is 24.7 Å². The standard InChI is InChI=1S/C13H19NO2/c1-11(2)8-6-4-5-7-9-12(10-14)13(15)16-3/h8-9H,4-7H2,1-3H3/b12-9+. The quantitative estimate of drug-likeness (QED) is 0.227. The molecule has 0 N–H and O–H groups in total. The Hall–Kier alpha value is -1.56. The van der Waals surface area contributed by atoms with Crippen LogP contribution in [0.5, 0.6) is 0 Å². The highest BCUT2D eigenvalue weighted by atomic mass is 16.5. The number of methoxy groups -OCH3 is 1. The zero-order valence-corrected chi connectivity index (χ0v) is 10.2. The van der Waals surface area contributed by atoms with E-state index >= 15 is 0 Å². The Balaban J connectivity index is 3.86. The molecule has 0 heterocycles. The molecule has 0 spiro atoms. The van der Waals surface area contributed by atoms with Gasteiger partial charge in [-0.1, -0.05) is 17.7 Å². The number of esters is 1. The second-order valence-electron chi connectivity index (χ2n) is 3.79. The van der Waals surface area contributed by atoms with Gasteiger partial charge in [0.25, 0.3) is 0 Å². The Morgan fingerprint density at radius 3 is 2.25 bits per heavy atom. The third-order valence-electron chi connectivity index (χ3n) is 2.09. The highest BCUT2D eigenvalue weighted by Crippen LogP contribution is 2.06. The third kappa shape index (κ3) is 6.83. The van der Waals surface area contributed by atoms with Crippen molar-refractivity contribution in [3.63, 3.8) is 0 Å². The van der Waals surface area contributed by atoms with Crippen molar-refractivity contribution < 1.29 is 9.53 Å². The van der Waals surface area contributed by atoms with Gasteiger partial charge in [0.05, 0.1) is 7.11 Å². The van der Waals surface area contributed by atoms with Crippen molar-refractivity contribution in [3.05, 3.63) is 23.3 Å². The molecule has 0 aliphatic heterocycles. The van der Waals surface area contributed by atoms with Crippen molar-refractivity contribution in [2.75, 3.05) is 7.11 Å². The first-order valence-electron chi connectivity index (χ1n) is 5.43. The molecule has 0 amide bonds. The highest BCUT2D eigenvalue weighted by molar-refractivity contribution is 5.92. The molecule has 0 atom stereocenters. The largest absolute Gasteiger partial charge is 0.465 e. The van der Waals surface area contributed by atoms with Crippen LogP contribution in [0.4, 0.5) is 0 Å². The molecule has 0 aliphatic rings. The van der Waals surface area contributed by atoms with E-state index in [4.69, 9.17) is 5.26 Å². The number of ether oxygens (including phenoxy) is 1. The van der Waals surface area contributed by atoms with Gasteiger partial charge in [0.1, 0.15) is 11.6 Å². The van der Waals surface area contributed by atoms with Gasteiger partial charge in [-0.05, 0) is 39.5 Å². The molecule has 0 aromatic carbocycles. The van der Waals surface area contributed by atoms with Gasteiger partial charge in [-0.15, -0.1) is 0 Å². The lowest BCUT2D eigenvalue weighted by Gasteiger charge is -1.97. The van der Waals surface area contributed by atoms with Crippen LogP contribution in [-0.4, -0.2) is 13.1 Å². The molecule has 88 valence electrons. The van der Waals surface area contributed by atoms with E-state index < -0.39 is 5.97 Å². The summed E-state index contributed by atoms with van der Waals surface area (Å²) in [5.74, 6) is -0.549. The number of allylic oxidation sites excluding steroid dienone is 3. The lowest BCUT2D eigenvalue weighted by Crippen LogP contribution is -2.02. The zero-order chi connectivity index (χ0) is 12.4. The number of nitriles is 1. The normalized spacial score (nSPS) is 10.5. The van der Waals surface area contributed by atoms with Gasteiger partial charge in [0.2, 0.25) is 0 Å². The second kappa shape index (κ2) is 8.72. The lowest BCUT2D eigenvalue weighted by molar-refractivity contribution is -0.135. The fraction of sp³-hybridized carbons (Fsp3) is 0.538. The minimum Gasteiger partial charge on any atom is -0.465 e. The number of hydrogen-bond donors (Lipinski definition) is 0. The molecule has 0 saturated carbocycles. The monoisotopic (exact) mass is 221 g/mol. The summed E-state index contributed by atoms with van der Waals surface area (Å²) >= 11 is 0. The van der Waals surface area contributed by atoms with Crippen LogP contribution in [0.2, 0.25) is 0 Å². The predicted octanol–water partition coefficient (Wildman–Crippen LogP) is 3.14. The number of carbonyl (C=O) groups excluding carboxylic acids is 1. The van der Waals surface area contributed by atoms with Gasteiger partial charge in [0.15, 0.2) is 0 Å². The van der Waals surface area contributed by atoms with E-state index in [0.29, 0.717) is 0 Å². The van der Waals surface area contributed by atoms with E-state index in [1.807, 2.05) is 6.07 Å². The van der Waals surface area contributed by atoms with Gasteiger partial charge in [0, 0.05) is 0 Å². The summed E-state index contributed by atoms with van der Waals surface area (Å²) in [7, 11) is 1.28. The second-order valence-corrected chi connectivity index (χ2v) is 3.79. The molecule has 0 bridgehead atoms. The summed E-state index contributed by atoms with van der Waals surface area (Å²) in [6, 6.07) is 1.84. The van der Waals surface area contributed by atoms with Crippen LogP contribution in [-0.2, 0) is 9.53 Å². The number of rotatable bonds is 6. The van der Waals surface area contributed by atoms with E-state index in [-0.39, 0.29) is 5.57 Å². The third-order valence-corrected chi connectivity index (χ3v) is 2.09. The van der Waals surface area contributed by atoms with Crippen LogP contribution in [0, 0.1) is 11.3 Å². The van der Waals surface area contributed by atoms with Gasteiger partial charge < -0.3 is 4.74 Å². The molecular weight excluding hydrogens is 202 g/mol. The van der Waals surface area contributed by atoms with E-state index in [1.165, 1.54) is 12.7 Å². The van der Waals surface area contributed by atoms with Crippen molar-refractivity contribution in [1.29, 1.82) is 5.26 Å². The molecule has 0 fully saturated rings. The van der Waals surface area contributed by atoms with E-state index in [0.717, 1.165) is 25.7 Å². The summed E-state index contributed by atoms with van der Waals surface area (Å²) in [6.07, 6.45) is 7.68. The maximum atomic E-state index is 11.0. The summed E-state index contributed by atoms with van der Waals surface area (Å²) < 4.78 is 4.47. The van der Waals surface area contributed by atoms with Crippen LogP contribution in [0.3, 0.4) is 0 Å². The summed E-state index contributed by atoms with van der Waals surface area (Å²) in [6.45, 7) is 4.15. The topological polar surface area (TPSA) is 50.1 Å². The number of nitrogens with zero attached hydrogens (tertiary/aromatic N) is 1. The van der Waals surface area contributed by atoms with Crippen LogP contribution in [0.25, 0.3) is 0 Å². The fourth-order valence-electron chi connectivity index (χ4n) is 1.21. The zero-order valence-electron chi connectivity index (χ0n) is 10.2. The van der Waals surface area contributed by atoms with Crippen molar-refractivity contribution in [1.82, 2.24) is 0 Å². The molecule has 16 heavy (non-hydrogen) atoms. The van der Waals surface area contributed by atoms with E-state index in [9.17, 15) is 4.79 Å². The van der Waals surface area contributed by atoms with Gasteiger partial charge in [-0.3, -0.25) is 0 Å². The number of unbranched alkanes of at least 4 members (excludes halogenated alkanes) is 3. The summed E-state index contributed by atoms with van der Waals surface area (Å²) in [5, 5.41) is 8.67. The van der Waals surface area contributed by atoms with Crippen molar-refractivity contribution in [2.45, 2.75) is 39.5 Å². The molecule has 0 aromatic rings. The Labute approximate surface area is 97.4 Å². The molecular formula is C13H19NO2. The van der Waals surface area contributed by atoms with Gasteiger partial charge >= 0.3 is 5.97 Å². The van der Waals surface area contributed by atoms with Crippen LogP contribution < -0.4 is 0 Å². The number of hydrogen-bond acceptors (Lipinski definition) is 3. The Morgan fingerprint density at radius 1 is 1.25 bits per heavy atom. The molecule has 0 unspecified atom stereocenters. The smallest absolute Gasteiger partial charge is 0.348 e. The first-order valence-corrected chi connectivity index (χ1v) is 5.43. The minimum absolute atomic E-state index is 0.102. The highest BCUT2D eigenvalue weighted by Gasteiger charge is 2.06. The van der Waals surface area contributed by atoms with Gasteiger partial charge in [-0.25, -0.2) is 4.79 Å². The Bertz CT molecular complexity index is 317. The Kier molecular flexibility index (Phi) is 7.87. The minimum atomic E-state index is -0.549. The summed E-state index contributed by atoms with van der Waals surface area (Å²) in [4.78, 5) is 11.0. The van der Waals surface area contributed by atoms with Crippen LogP contribution >= 0.6 is 0 Å². The van der Waals surface area contributed by atoms with Crippen molar-refractivity contribution in [2.24, 2.45) is 0 Å². The maximum Gasteiger partial charge on any atom is 0.348 e. The van der Waals surface area contributed by atoms with Crippen molar-refractivity contribution >= 4 is 5.97 Å². The fourth-order valence-corrected chi connectivity index (χ4v) is 1.21. The first-order chi connectivity index (χ1) is 7.61. The molecule has 0 radical (unpaired) electrons. The van der Waals surface area contributed by atoms with Gasteiger partial charge in [-0.2, -0.15) is 5.26 Å². The molecule has 0 saturated heterocycles. The van der Waals surface area contributed by atoms with E-state index in [1.54, 1.807) is 6.08 Å². The maximum absolute atomic E-state index is 11.0. The van der Waals surface area contributed by atoms with Crippen LogP contribution in [0.15, 0.2) is 23.3 Å². The average molecular weight is 221 g/mol. The molecule has 3 heteroatoms. The molecule has 0 rings (SSSR count). The SMILES string of the molecule is COC(=O)/C(C#N)=C/CCCCC=C(C)C. The lowest BCUT2D eigenvalue weighted by atomic mass is 10.1. The average Bonchev–Trinajstić information content (AvgIpc) is 2.27. The number of carbonyl (C=O) groups is 1.